The largest absolute Gasteiger partial charge is 0.419 e. The Labute approximate surface area is 193 Å². The van der Waals surface area contributed by atoms with Crippen LogP contribution in [-0.4, -0.2) is 54.9 Å². The number of anilines is 1. The van der Waals surface area contributed by atoms with Gasteiger partial charge in [-0.25, -0.2) is 9.97 Å². The van der Waals surface area contributed by atoms with Crippen LogP contribution in [0, 0.1) is 17.2 Å². The predicted molar refractivity (Wildman–Crippen MR) is 115 cm³/mol. The van der Waals surface area contributed by atoms with E-state index >= 15 is 0 Å². The van der Waals surface area contributed by atoms with Crippen molar-refractivity contribution in [1.82, 2.24) is 29.9 Å². The van der Waals surface area contributed by atoms with Crippen molar-refractivity contribution in [3.05, 3.63) is 59.7 Å². The molecule has 0 radical (unpaired) electrons. The lowest BCUT2D eigenvalue weighted by Gasteiger charge is -2.40. The topological polar surface area (TPSA) is 113 Å². The average molecular weight is 470 g/mol. The molecule has 1 aromatic carbocycles. The third-order valence-corrected chi connectivity index (χ3v) is 5.82. The van der Waals surface area contributed by atoms with E-state index in [2.05, 4.69) is 25.5 Å². The summed E-state index contributed by atoms with van der Waals surface area (Å²) < 4.78 is 38.3. The second-order valence-corrected chi connectivity index (χ2v) is 8.02. The van der Waals surface area contributed by atoms with Crippen LogP contribution in [0.1, 0.15) is 41.3 Å². The zero-order valence-electron chi connectivity index (χ0n) is 18.2. The van der Waals surface area contributed by atoms with Crippen LogP contribution in [0.2, 0.25) is 0 Å². The lowest BCUT2D eigenvalue weighted by Crippen LogP contribution is -2.51. The monoisotopic (exact) mass is 470 g/mol. The van der Waals surface area contributed by atoms with Gasteiger partial charge in [0.25, 0.3) is 5.91 Å². The molecule has 176 valence electrons. The van der Waals surface area contributed by atoms with Gasteiger partial charge in [0.15, 0.2) is 0 Å². The summed E-state index contributed by atoms with van der Waals surface area (Å²) in [7, 11) is 0. The average Bonchev–Trinajstić information content (AvgIpc) is 3.37. The van der Waals surface area contributed by atoms with Gasteiger partial charge in [0.05, 0.1) is 46.9 Å². The molecule has 0 saturated carbocycles. The molecule has 1 aliphatic heterocycles. The number of benzene rings is 1. The predicted octanol–water partition coefficient (Wildman–Crippen LogP) is 3.30. The van der Waals surface area contributed by atoms with Crippen molar-refractivity contribution in [3.8, 4) is 11.8 Å². The summed E-state index contributed by atoms with van der Waals surface area (Å²) in [5.41, 5.74) is 0.139. The molecule has 3 heterocycles. The lowest BCUT2D eigenvalue weighted by molar-refractivity contribution is -0.138. The normalized spacial score (nSPS) is 18.4. The molecular formula is C22H21F3N8O. The first kappa shape index (κ1) is 23.2. The second-order valence-electron chi connectivity index (χ2n) is 8.02. The number of carbonyl (C=O) groups excluding carboxylic acids is 1. The first-order valence-corrected chi connectivity index (χ1v) is 10.6. The highest BCUT2D eigenvalue weighted by Crippen LogP contribution is 2.29. The standard InChI is InChI=1S/C22H21F3N8O/c1-14-3-2-8-32(19(14)13-29-21-27-11-16(12-28-21)22(23,24)25)20(34)17-9-15(10-26)4-5-18(17)33-30-6-7-31-33/h4-7,9,11-12,14,19H,2-3,8,13H2,1H3,(H,27,28,29)/t14-,19?/m1/s1. The van der Waals surface area contributed by atoms with Crippen LogP contribution in [0.25, 0.3) is 5.69 Å². The number of carbonyl (C=O) groups is 1. The Bertz CT molecular complexity index is 1190. The molecular weight excluding hydrogens is 449 g/mol. The maximum atomic E-state index is 13.7. The molecule has 0 bridgehead atoms. The van der Waals surface area contributed by atoms with Gasteiger partial charge in [0.2, 0.25) is 5.95 Å². The molecule has 1 amide bonds. The Kier molecular flexibility index (Phi) is 6.45. The minimum atomic E-state index is -4.52. The van der Waals surface area contributed by atoms with Gasteiger partial charge in [-0.15, -0.1) is 0 Å². The number of nitrogens with zero attached hydrogens (tertiary/aromatic N) is 7. The third kappa shape index (κ3) is 4.83. The first-order valence-electron chi connectivity index (χ1n) is 10.6. The van der Waals surface area contributed by atoms with E-state index in [1.807, 2.05) is 13.0 Å². The van der Waals surface area contributed by atoms with Crippen molar-refractivity contribution in [2.45, 2.75) is 32.0 Å². The van der Waals surface area contributed by atoms with Gasteiger partial charge in [-0.1, -0.05) is 6.92 Å². The Morgan fingerprint density at radius 3 is 2.59 bits per heavy atom. The smallest absolute Gasteiger partial charge is 0.352 e. The number of rotatable bonds is 5. The van der Waals surface area contributed by atoms with Crippen molar-refractivity contribution in [1.29, 1.82) is 5.26 Å². The molecule has 12 heteroatoms. The molecule has 0 spiro atoms. The van der Waals surface area contributed by atoms with Gasteiger partial charge >= 0.3 is 6.18 Å². The van der Waals surface area contributed by atoms with Gasteiger partial charge in [-0.05, 0) is 37.0 Å². The number of amides is 1. The van der Waals surface area contributed by atoms with Gasteiger partial charge < -0.3 is 10.2 Å². The Hall–Kier alpha value is -4.01. The van der Waals surface area contributed by atoms with Crippen molar-refractivity contribution in [3.63, 3.8) is 0 Å². The van der Waals surface area contributed by atoms with E-state index in [0.717, 1.165) is 25.2 Å². The number of alkyl halides is 3. The van der Waals surface area contributed by atoms with Crippen molar-refractivity contribution < 1.29 is 18.0 Å². The third-order valence-electron chi connectivity index (χ3n) is 5.82. The molecule has 2 atom stereocenters. The number of aromatic nitrogens is 5. The van der Waals surface area contributed by atoms with Crippen molar-refractivity contribution in [2.75, 3.05) is 18.4 Å². The van der Waals surface area contributed by atoms with E-state index < -0.39 is 11.7 Å². The summed E-state index contributed by atoms with van der Waals surface area (Å²) in [6.45, 7) is 2.76. The molecule has 1 aliphatic rings. The van der Waals surface area contributed by atoms with Gasteiger partial charge in [-0.2, -0.15) is 33.4 Å². The van der Waals surface area contributed by atoms with E-state index in [0.29, 0.717) is 23.4 Å². The summed E-state index contributed by atoms with van der Waals surface area (Å²) in [4.78, 5) is 24.2. The van der Waals surface area contributed by atoms with E-state index in [4.69, 9.17) is 0 Å². The minimum absolute atomic E-state index is 0.0473. The molecule has 1 fully saturated rings. The Morgan fingerprint density at radius 1 is 1.24 bits per heavy atom. The van der Waals surface area contributed by atoms with Crippen LogP contribution < -0.4 is 5.32 Å². The van der Waals surface area contributed by atoms with E-state index in [-0.39, 0.29) is 30.4 Å². The number of hydrogen-bond acceptors (Lipinski definition) is 7. The van der Waals surface area contributed by atoms with Crippen LogP contribution in [-0.2, 0) is 6.18 Å². The molecule has 1 unspecified atom stereocenters. The number of hydrogen-bond donors (Lipinski definition) is 1. The summed E-state index contributed by atoms with van der Waals surface area (Å²) in [6.07, 6.45) is 1.60. The number of nitriles is 1. The maximum absolute atomic E-state index is 13.7. The molecule has 0 aliphatic carbocycles. The van der Waals surface area contributed by atoms with Crippen molar-refractivity contribution >= 4 is 11.9 Å². The van der Waals surface area contributed by atoms with Gasteiger partial charge in [0, 0.05) is 25.5 Å². The van der Waals surface area contributed by atoms with Crippen LogP contribution in [0.15, 0.2) is 43.0 Å². The molecule has 9 nitrogen and oxygen atoms in total. The molecule has 4 rings (SSSR count). The Morgan fingerprint density at radius 2 is 1.94 bits per heavy atom. The van der Waals surface area contributed by atoms with Crippen LogP contribution in [0.5, 0.6) is 0 Å². The SMILES string of the molecule is C[C@@H]1CCCN(C(=O)c2cc(C#N)ccc2-n2nccn2)C1CNc1ncc(C(F)(F)F)cn1. The number of halogens is 3. The maximum Gasteiger partial charge on any atom is 0.419 e. The van der Waals surface area contributed by atoms with E-state index in [1.54, 1.807) is 17.0 Å². The summed E-state index contributed by atoms with van der Waals surface area (Å²) in [5.74, 6) is -0.118. The fourth-order valence-corrected chi connectivity index (χ4v) is 4.02. The van der Waals surface area contributed by atoms with E-state index in [1.165, 1.54) is 23.3 Å². The quantitative estimate of drug-likeness (QED) is 0.609. The fourth-order valence-electron chi connectivity index (χ4n) is 4.02. The van der Waals surface area contributed by atoms with Crippen LogP contribution in [0.3, 0.4) is 0 Å². The molecule has 34 heavy (non-hydrogen) atoms. The lowest BCUT2D eigenvalue weighted by atomic mass is 9.90. The first-order chi connectivity index (χ1) is 16.3. The Balaban J connectivity index is 1.58. The number of likely N-dealkylation sites (tertiary alicyclic amines) is 1. The highest BCUT2D eigenvalue weighted by atomic mass is 19.4. The van der Waals surface area contributed by atoms with E-state index in [9.17, 15) is 23.2 Å². The van der Waals surface area contributed by atoms with Gasteiger partial charge in [0.1, 0.15) is 0 Å². The fraction of sp³-hybridized carbons (Fsp3) is 0.364. The summed E-state index contributed by atoms with van der Waals surface area (Å²) in [6, 6.07) is 6.52. The summed E-state index contributed by atoms with van der Waals surface area (Å²) in [5, 5.41) is 20.5. The minimum Gasteiger partial charge on any atom is -0.352 e. The second kappa shape index (κ2) is 9.46. The highest BCUT2D eigenvalue weighted by molar-refractivity contribution is 5.98. The molecule has 3 aromatic rings. The van der Waals surface area contributed by atoms with Crippen LogP contribution >= 0.6 is 0 Å². The van der Waals surface area contributed by atoms with Crippen LogP contribution in [0.4, 0.5) is 19.1 Å². The molecule has 1 N–H and O–H groups in total. The zero-order valence-corrected chi connectivity index (χ0v) is 18.2. The summed E-state index contributed by atoms with van der Waals surface area (Å²) >= 11 is 0. The number of nitrogens with one attached hydrogen (secondary N) is 1. The molecule has 1 saturated heterocycles. The highest BCUT2D eigenvalue weighted by Gasteiger charge is 2.34. The van der Waals surface area contributed by atoms with Crippen molar-refractivity contribution in [2.24, 2.45) is 5.92 Å². The number of piperidine rings is 1. The molecule has 2 aromatic heterocycles. The zero-order chi connectivity index (χ0) is 24.3. The van der Waals surface area contributed by atoms with Gasteiger partial charge in [-0.3, -0.25) is 4.79 Å².